The Kier molecular flexibility index (Phi) is 7.18. The number of hydrogen-bond acceptors (Lipinski definition) is 2. The van der Waals surface area contributed by atoms with Crippen LogP contribution in [-0.2, 0) is 0 Å². The molecule has 2 heteroatoms. The first-order chi connectivity index (χ1) is 5.31. The van der Waals surface area contributed by atoms with E-state index in [2.05, 4.69) is 6.92 Å². The molecule has 0 saturated carbocycles. The molecular weight excluding hydrogens is 138 g/mol. The largest absolute Gasteiger partial charge is 0.378 e. The molecule has 0 aliphatic heterocycles. The molecule has 11 heavy (non-hydrogen) atoms. The lowest BCUT2D eigenvalue weighted by Gasteiger charge is -2.00. The van der Waals surface area contributed by atoms with Gasteiger partial charge in [0.15, 0.2) is 0 Å². The minimum Gasteiger partial charge on any atom is -0.378 e. The predicted octanol–water partition coefficient (Wildman–Crippen LogP) is 2.23. The topological polar surface area (TPSA) is 44.0 Å². The van der Waals surface area contributed by atoms with Crippen molar-refractivity contribution in [1.82, 2.24) is 0 Å². The lowest BCUT2D eigenvalue weighted by molar-refractivity contribution is 0.215. The first kappa shape index (κ1) is 10.4. The van der Waals surface area contributed by atoms with Crippen molar-refractivity contribution in [3.63, 3.8) is 0 Å². The van der Waals surface area contributed by atoms with Gasteiger partial charge in [0.2, 0.25) is 0 Å². The smallest absolute Gasteiger partial charge is 0.140 e. The maximum absolute atomic E-state index is 8.85. The van der Waals surface area contributed by atoms with E-state index >= 15 is 0 Å². The van der Waals surface area contributed by atoms with Crippen molar-refractivity contribution in [1.29, 1.82) is 5.26 Å². The SMILES string of the molecule is CCCCCCC[C@H](O)C#N. The summed E-state index contributed by atoms with van der Waals surface area (Å²) in [6, 6.07) is 1.81. The van der Waals surface area contributed by atoms with Gasteiger partial charge in [0.1, 0.15) is 6.10 Å². The Hall–Kier alpha value is -0.550. The highest BCUT2D eigenvalue weighted by Gasteiger charge is 1.99. The summed E-state index contributed by atoms with van der Waals surface area (Å²) in [5, 5.41) is 17.1. The number of nitrogens with zero attached hydrogens (tertiary/aromatic N) is 1. The van der Waals surface area contributed by atoms with Gasteiger partial charge in [-0.2, -0.15) is 5.26 Å². The van der Waals surface area contributed by atoms with Crippen LogP contribution in [0.2, 0.25) is 0 Å². The molecule has 0 rings (SSSR count). The van der Waals surface area contributed by atoms with Gasteiger partial charge in [0, 0.05) is 0 Å². The molecule has 0 radical (unpaired) electrons. The molecular formula is C9H17NO. The van der Waals surface area contributed by atoms with E-state index < -0.39 is 6.10 Å². The number of rotatable bonds is 6. The molecule has 0 heterocycles. The Morgan fingerprint density at radius 3 is 2.45 bits per heavy atom. The van der Waals surface area contributed by atoms with E-state index in [1.54, 1.807) is 0 Å². The summed E-state index contributed by atoms with van der Waals surface area (Å²) in [7, 11) is 0. The molecule has 0 saturated heterocycles. The zero-order valence-electron chi connectivity index (χ0n) is 7.21. The number of aliphatic hydroxyl groups is 1. The Labute approximate surface area is 68.8 Å². The highest BCUT2D eigenvalue weighted by Crippen LogP contribution is 2.06. The summed E-state index contributed by atoms with van der Waals surface area (Å²) < 4.78 is 0. The van der Waals surface area contributed by atoms with Crippen LogP contribution in [0, 0.1) is 11.3 Å². The lowest BCUT2D eigenvalue weighted by atomic mass is 10.1. The Morgan fingerprint density at radius 2 is 1.91 bits per heavy atom. The second-order valence-electron chi connectivity index (χ2n) is 2.85. The molecule has 0 fully saturated rings. The number of nitriles is 1. The number of aliphatic hydroxyl groups excluding tert-OH is 1. The average Bonchev–Trinajstić information content (AvgIpc) is 2.04. The van der Waals surface area contributed by atoms with E-state index in [0.717, 1.165) is 12.8 Å². The van der Waals surface area contributed by atoms with Gasteiger partial charge in [0.25, 0.3) is 0 Å². The van der Waals surface area contributed by atoms with Gasteiger partial charge in [-0.05, 0) is 12.8 Å². The van der Waals surface area contributed by atoms with Crippen molar-refractivity contribution >= 4 is 0 Å². The van der Waals surface area contributed by atoms with Gasteiger partial charge in [-0.15, -0.1) is 0 Å². The van der Waals surface area contributed by atoms with Gasteiger partial charge in [-0.3, -0.25) is 0 Å². The summed E-state index contributed by atoms with van der Waals surface area (Å²) in [6.07, 6.45) is 5.76. The van der Waals surface area contributed by atoms with Crippen molar-refractivity contribution in [2.24, 2.45) is 0 Å². The Bertz CT molecular complexity index is 117. The molecule has 1 atom stereocenters. The van der Waals surface area contributed by atoms with Gasteiger partial charge in [-0.25, -0.2) is 0 Å². The Morgan fingerprint density at radius 1 is 1.27 bits per heavy atom. The van der Waals surface area contributed by atoms with Crippen LogP contribution in [-0.4, -0.2) is 11.2 Å². The third-order valence-corrected chi connectivity index (χ3v) is 1.73. The van der Waals surface area contributed by atoms with Crippen LogP contribution >= 0.6 is 0 Å². The third kappa shape index (κ3) is 7.35. The second-order valence-corrected chi connectivity index (χ2v) is 2.85. The van der Waals surface area contributed by atoms with Gasteiger partial charge < -0.3 is 5.11 Å². The summed E-state index contributed by atoms with van der Waals surface area (Å²) >= 11 is 0. The van der Waals surface area contributed by atoms with E-state index in [0.29, 0.717) is 6.42 Å². The van der Waals surface area contributed by atoms with Crippen LogP contribution in [0.4, 0.5) is 0 Å². The zero-order valence-corrected chi connectivity index (χ0v) is 7.21. The highest BCUT2D eigenvalue weighted by atomic mass is 16.3. The molecule has 0 spiro atoms. The highest BCUT2D eigenvalue weighted by molar-refractivity contribution is 4.81. The molecule has 0 amide bonds. The van der Waals surface area contributed by atoms with E-state index in [4.69, 9.17) is 10.4 Å². The first-order valence-electron chi connectivity index (χ1n) is 4.39. The summed E-state index contributed by atoms with van der Waals surface area (Å²) in [5.74, 6) is 0. The standard InChI is InChI=1S/C9H17NO/c1-2-3-4-5-6-7-9(11)8-10/h9,11H,2-7H2,1H3/t9-/m0/s1. The van der Waals surface area contributed by atoms with E-state index in [9.17, 15) is 0 Å². The predicted molar refractivity (Wildman–Crippen MR) is 45.0 cm³/mol. The van der Waals surface area contributed by atoms with Crippen LogP contribution in [0.15, 0.2) is 0 Å². The van der Waals surface area contributed by atoms with Crippen LogP contribution in [0.1, 0.15) is 45.4 Å². The fourth-order valence-corrected chi connectivity index (χ4v) is 1.01. The zero-order chi connectivity index (χ0) is 8.53. The molecule has 1 N–H and O–H groups in total. The van der Waals surface area contributed by atoms with Crippen LogP contribution in [0.5, 0.6) is 0 Å². The minimum atomic E-state index is -0.739. The molecule has 0 aromatic rings. The molecule has 64 valence electrons. The van der Waals surface area contributed by atoms with Crippen LogP contribution in [0.3, 0.4) is 0 Å². The van der Waals surface area contributed by atoms with Gasteiger partial charge in [0.05, 0.1) is 6.07 Å². The van der Waals surface area contributed by atoms with Crippen molar-refractivity contribution in [3.8, 4) is 6.07 Å². The molecule has 2 nitrogen and oxygen atoms in total. The number of hydrogen-bond donors (Lipinski definition) is 1. The summed E-state index contributed by atoms with van der Waals surface area (Å²) in [6.45, 7) is 2.17. The van der Waals surface area contributed by atoms with E-state index in [-0.39, 0.29) is 0 Å². The van der Waals surface area contributed by atoms with Gasteiger partial charge in [-0.1, -0.05) is 32.6 Å². The van der Waals surface area contributed by atoms with Gasteiger partial charge >= 0.3 is 0 Å². The molecule has 0 aromatic heterocycles. The third-order valence-electron chi connectivity index (χ3n) is 1.73. The molecule has 0 aliphatic rings. The Balaban J connectivity index is 2.97. The first-order valence-corrected chi connectivity index (χ1v) is 4.39. The van der Waals surface area contributed by atoms with Crippen molar-refractivity contribution in [2.45, 2.75) is 51.6 Å². The molecule has 0 unspecified atom stereocenters. The fraction of sp³-hybridized carbons (Fsp3) is 0.889. The minimum absolute atomic E-state index is 0.639. The van der Waals surface area contributed by atoms with Crippen molar-refractivity contribution in [3.05, 3.63) is 0 Å². The van der Waals surface area contributed by atoms with E-state index in [1.807, 2.05) is 6.07 Å². The number of unbranched alkanes of at least 4 members (excludes halogenated alkanes) is 4. The van der Waals surface area contributed by atoms with E-state index in [1.165, 1.54) is 19.3 Å². The molecule has 0 aliphatic carbocycles. The summed E-state index contributed by atoms with van der Waals surface area (Å²) in [5.41, 5.74) is 0. The fourth-order valence-electron chi connectivity index (χ4n) is 1.01. The second kappa shape index (κ2) is 7.56. The monoisotopic (exact) mass is 155 g/mol. The molecule has 0 bridgehead atoms. The normalized spacial score (nSPS) is 12.5. The average molecular weight is 155 g/mol. The summed E-state index contributed by atoms with van der Waals surface area (Å²) in [4.78, 5) is 0. The quantitative estimate of drug-likeness (QED) is 0.472. The maximum Gasteiger partial charge on any atom is 0.140 e. The van der Waals surface area contributed by atoms with Crippen molar-refractivity contribution < 1.29 is 5.11 Å². The van der Waals surface area contributed by atoms with Crippen LogP contribution in [0.25, 0.3) is 0 Å². The lowest BCUT2D eigenvalue weighted by Crippen LogP contribution is -2.01. The maximum atomic E-state index is 8.85. The van der Waals surface area contributed by atoms with Crippen LogP contribution < -0.4 is 0 Å². The van der Waals surface area contributed by atoms with Crippen molar-refractivity contribution in [2.75, 3.05) is 0 Å². The molecule has 0 aromatic carbocycles.